The molecule has 84 valence electrons. The van der Waals surface area contributed by atoms with Gasteiger partial charge in [-0.15, -0.1) is 0 Å². The molecule has 1 atom stereocenters. The first-order valence-electron chi connectivity index (χ1n) is 5.59. The van der Waals surface area contributed by atoms with Gasteiger partial charge in [0.25, 0.3) is 0 Å². The summed E-state index contributed by atoms with van der Waals surface area (Å²) in [5.74, 6) is 0.456. The molecule has 3 nitrogen and oxygen atoms in total. The van der Waals surface area contributed by atoms with E-state index in [1.807, 2.05) is 18.2 Å². The minimum absolute atomic E-state index is 0.0873. The monoisotopic (exact) mass is 216 g/mol. The minimum atomic E-state index is -0.0873. The molecule has 0 aliphatic rings. The standard InChI is InChI=1S/C13H16N2O/c1-3-10(2)11-6-4-5-7-12(11)15-9-8-14-13(15)16/h4-10H,3H2,1-2H3,(H,14,16). The highest BCUT2D eigenvalue weighted by Gasteiger charge is 2.10. The van der Waals surface area contributed by atoms with Crippen molar-refractivity contribution in [2.24, 2.45) is 0 Å². The molecule has 16 heavy (non-hydrogen) atoms. The number of nitrogens with one attached hydrogen (secondary N) is 1. The summed E-state index contributed by atoms with van der Waals surface area (Å²) >= 11 is 0. The van der Waals surface area contributed by atoms with Crippen LogP contribution in [0, 0.1) is 0 Å². The molecule has 0 saturated carbocycles. The summed E-state index contributed by atoms with van der Waals surface area (Å²) in [5.41, 5.74) is 2.10. The van der Waals surface area contributed by atoms with Crippen LogP contribution in [0.2, 0.25) is 0 Å². The fraction of sp³-hybridized carbons (Fsp3) is 0.308. The third-order valence-corrected chi connectivity index (χ3v) is 2.99. The van der Waals surface area contributed by atoms with Crippen LogP contribution in [0.25, 0.3) is 5.69 Å². The summed E-state index contributed by atoms with van der Waals surface area (Å²) in [4.78, 5) is 14.2. The first kappa shape index (κ1) is 10.7. The van der Waals surface area contributed by atoms with E-state index < -0.39 is 0 Å². The van der Waals surface area contributed by atoms with E-state index in [9.17, 15) is 4.79 Å². The molecule has 0 aliphatic heterocycles. The van der Waals surface area contributed by atoms with Crippen molar-refractivity contribution in [3.05, 3.63) is 52.7 Å². The average Bonchev–Trinajstić information content (AvgIpc) is 2.74. The zero-order valence-corrected chi connectivity index (χ0v) is 9.60. The van der Waals surface area contributed by atoms with Gasteiger partial charge in [-0.05, 0) is 24.0 Å². The Morgan fingerprint density at radius 3 is 2.75 bits per heavy atom. The lowest BCUT2D eigenvalue weighted by Gasteiger charge is -2.14. The van der Waals surface area contributed by atoms with Crippen LogP contribution in [0.15, 0.2) is 41.5 Å². The van der Waals surface area contributed by atoms with Gasteiger partial charge in [0.1, 0.15) is 0 Å². The highest BCUT2D eigenvalue weighted by atomic mass is 16.1. The summed E-state index contributed by atoms with van der Waals surface area (Å²) < 4.78 is 1.65. The molecule has 0 radical (unpaired) electrons. The van der Waals surface area contributed by atoms with E-state index >= 15 is 0 Å². The van der Waals surface area contributed by atoms with Crippen molar-refractivity contribution in [3.8, 4) is 5.69 Å². The molecule has 1 N–H and O–H groups in total. The van der Waals surface area contributed by atoms with Crippen LogP contribution in [-0.2, 0) is 0 Å². The van der Waals surface area contributed by atoms with Gasteiger partial charge >= 0.3 is 5.69 Å². The number of aromatic nitrogens is 2. The molecule has 0 aliphatic carbocycles. The van der Waals surface area contributed by atoms with Gasteiger partial charge in [0.2, 0.25) is 0 Å². The molecule has 0 saturated heterocycles. The van der Waals surface area contributed by atoms with Crippen LogP contribution >= 0.6 is 0 Å². The van der Waals surface area contributed by atoms with Crippen LogP contribution < -0.4 is 5.69 Å². The van der Waals surface area contributed by atoms with Gasteiger partial charge in [0, 0.05) is 12.4 Å². The van der Waals surface area contributed by atoms with Gasteiger partial charge in [0.15, 0.2) is 0 Å². The number of rotatable bonds is 3. The molecular formula is C13H16N2O. The molecule has 3 heteroatoms. The van der Waals surface area contributed by atoms with Crippen molar-refractivity contribution < 1.29 is 0 Å². The predicted molar refractivity (Wildman–Crippen MR) is 65.1 cm³/mol. The molecule has 1 aromatic carbocycles. The number of hydrogen-bond acceptors (Lipinski definition) is 1. The quantitative estimate of drug-likeness (QED) is 0.841. The molecule has 1 unspecified atom stereocenters. The van der Waals surface area contributed by atoms with E-state index in [2.05, 4.69) is 24.9 Å². The predicted octanol–water partition coefficient (Wildman–Crippen LogP) is 2.68. The highest BCUT2D eigenvalue weighted by molar-refractivity contribution is 5.42. The number of hydrogen-bond donors (Lipinski definition) is 1. The maximum absolute atomic E-state index is 11.6. The second-order valence-corrected chi connectivity index (χ2v) is 4.00. The zero-order valence-electron chi connectivity index (χ0n) is 9.60. The Kier molecular flexibility index (Phi) is 2.95. The molecule has 1 aromatic heterocycles. The lowest BCUT2D eigenvalue weighted by molar-refractivity contribution is 0.724. The van der Waals surface area contributed by atoms with E-state index in [0.717, 1.165) is 12.1 Å². The SMILES string of the molecule is CCC(C)c1ccccc1-n1cc[nH]c1=O. The van der Waals surface area contributed by atoms with Crippen molar-refractivity contribution in [2.45, 2.75) is 26.2 Å². The smallest absolute Gasteiger partial charge is 0.312 e. The van der Waals surface area contributed by atoms with Crippen LogP contribution in [0.1, 0.15) is 31.7 Å². The van der Waals surface area contributed by atoms with Gasteiger partial charge in [-0.1, -0.05) is 32.0 Å². The Morgan fingerprint density at radius 2 is 2.12 bits per heavy atom. The number of H-pyrrole nitrogens is 1. The summed E-state index contributed by atoms with van der Waals surface area (Å²) in [6, 6.07) is 8.04. The van der Waals surface area contributed by atoms with Crippen molar-refractivity contribution in [1.29, 1.82) is 0 Å². The van der Waals surface area contributed by atoms with Crippen LogP contribution in [0.3, 0.4) is 0 Å². The van der Waals surface area contributed by atoms with Gasteiger partial charge in [-0.2, -0.15) is 0 Å². The zero-order chi connectivity index (χ0) is 11.5. The van der Waals surface area contributed by atoms with E-state index in [1.54, 1.807) is 17.0 Å². The van der Waals surface area contributed by atoms with Crippen LogP contribution in [0.5, 0.6) is 0 Å². The number of para-hydroxylation sites is 1. The summed E-state index contributed by atoms with van der Waals surface area (Å²) in [6.07, 6.45) is 4.50. The maximum atomic E-state index is 11.6. The lowest BCUT2D eigenvalue weighted by atomic mass is 9.97. The van der Waals surface area contributed by atoms with Crippen molar-refractivity contribution in [3.63, 3.8) is 0 Å². The maximum Gasteiger partial charge on any atom is 0.330 e. The Hall–Kier alpha value is -1.77. The molecule has 0 spiro atoms. The Labute approximate surface area is 94.7 Å². The molecule has 0 bridgehead atoms. The first-order valence-corrected chi connectivity index (χ1v) is 5.59. The van der Waals surface area contributed by atoms with Crippen LogP contribution in [-0.4, -0.2) is 9.55 Å². The molecule has 2 rings (SSSR count). The number of nitrogens with zero attached hydrogens (tertiary/aromatic N) is 1. The van der Waals surface area contributed by atoms with E-state index in [4.69, 9.17) is 0 Å². The third kappa shape index (κ3) is 1.81. The number of aromatic amines is 1. The fourth-order valence-electron chi connectivity index (χ4n) is 1.85. The average molecular weight is 216 g/mol. The molecule has 1 heterocycles. The topological polar surface area (TPSA) is 37.8 Å². The Balaban J connectivity index is 2.57. The lowest BCUT2D eigenvalue weighted by Crippen LogP contribution is -2.16. The third-order valence-electron chi connectivity index (χ3n) is 2.99. The normalized spacial score (nSPS) is 12.6. The summed E-state index contributed by atoms with van der Waals surface area (Å²) in [7, 11) is 0. The van der Waals surface area contributed by atoms with E-state index in [-0.39, 0.29) is 5.69 Å². The molecule has 0 fully saturated rings. The van der Waals surface area contributed by atoms with Crippen LogP contribution in [0.4, 0.5) is 0 Å². The largest absolute Gasteiger partial charge is 0.330 e. The van der Waals surface area contributed by atoms with Gasteiger partial charge in [-0.25, -0.2) is 4.79 Å². The van der Waals surface area contributed by atoms with E-state index in [1.165, 1.54) is 5.56 Å². The van der Waals surface area contributed by atoms with Gasteiger partial charge in [-0.3, -0.25) is 4.57 Å². The Bertz CT molecular complexity index is 524. The fourth-order valence-corrected chi connectivity index (χ4v) is 1.85. The Morgan fingerprint density at radius 1 is 1.38 bits per heavy atom. The molecular weight excluding hydrogens is 200 g/mol. The number of imidazole rings is 1. The number of benzene rings is 1. The molecule has 2 aromatic rings. The van der Waals surface area contributed by atoms with Gasteiger partial charge in [0.05, 0.1) is 5.69 Å². The van der Waals surface area contributed by atoms with Gasteiger partial charge < -0.3 is 4.98 Å². The second kappa shape index (κ2) is 4.39. The first-order chi connectivity index (χ1) is 7.74. The minimum Gasteiger partial charge on any atom is -0.312 e. The highest BCUT2D eigenvalue weighted by Crippen LogP contribution is 2.24. The van der Waals surface area contributed by atoms with E-state index in [0.29, 0.717) is 5.92 Å². The molecule has 0 amide bonds. The summed E-state index contributed by atoms with van der Waals surface area (Å²) in [6.45, 7) is 4.33. The second-order valence-electron chi connectivity index (χ2n) is 4.00. The van der Waals surface area contributed by atoms with Crippen molar-refractivity contribution >= 4 is 0 Å². The van der Waals surface area contributed by atoms with Crippen molar-refractivity contribution in [1.82, 2.24) is 9.55 Å². The summed E-state index contributed by atoms with van der Waals surface area (Å²) in [5, 5.41) is 0. The van der Waals surface area contributed by atoms with Crippen molar-refractivity contribution in [2.75, 3.05) is 0 Å².